The van der Waals surface area contributed by atoms with Gasteiger partial charge in [0, 0.05) is 25.2 Å². The van der Waals surface area contributed by atoms with E-state index in [2.05, 4.69) is 30.9 Å². The lowest BCUT2D eigenvalue weighted by atomic mass is 10.1. The lowest BCUT2D eigenvalue weighted by Crippen LogP contribution is -2.35. The van der Waals surface area contributed by atoms with Crippen molar-refractivity contribution in [3.8, 4) is 10.6 Å². The Kier molecular flexibility index (Phi) is 6.43. The van der Waals surface area contributed by atoms with Crippen molar-refractivity contribution in [1.29, 1.82) is 0 Å². The fourth-order valence-electron chi connectivity index (χ4n) is 3.45. The zero-order valence-electron chi connectivity index (χ0n) is 16.1. The van der Waals surface area contributed by atoms with Gasteiger partial charge in [0.2, 0.25) is 0 Å². The summed E-state index contributed by atoms with van der Waals surface area (Å²) in [7, 11) is 0. The van der Waals surface area contributed by atoms with Gasteiger partial charge in [0.15, 0.2) is 0 Å². The summed E-state index contributed by atoms with van der Waals surface area (Å²) in [5.74, 6) is 0.150. The number of nitrogens with zero attached hydrogens (tertiary/aromatic N) is 3. The summed E-state index contributed by atoms with van der Waals surface area (Å²) in [5, 5.41) is 0.948. The van der Waals surface area contributed by atoms with Crippen LogP contribution >= 0.6 is 11.3 Å². The Hall–Kier alpha value is -1.72. The van der Waals surface area contributed by atoms with E-state index in [0.29, 0.717) is 0 Å². The Morgan fingerprint density at radius 3 is 2.73 bits per heavy atom. The number of carbonyl (C=O) groups excluding carboxylic acids is 1. The average molecular weight is 372 g/mol. The van der Waals surface area contributed by atoms with Crippen molar-refractivity contribution in [2.45, 2.75) is 40.0 Å². The molecule has 1 aliphatic heterocycles. The molecule has 3 rings (SSSR count). The molecular formula is C21H29N3OS. The van der Waals surface area contributed by atoms with Crippen molar-refractivity contribution in [3.05, 3.63) is 40.4 Å². The van der Waals surface area contributed by atoms with E-state index in [1.54, 1.807) is 0 Å². The molecule has 1 aliphatic rings. The maximum atomic E-state index is 13.1. The molecule has 0 N–H and O–H groups in total. The van der Waals surface area contributed by atoms with Crippen LogP contribution in [0.15, 0.2) is 24.3 Å². The predicted octanol–water partition coefficient (Wildman–Crippen LogP) is 4.37. The quantitative estimate of drug-likeness (QED) is 0.783. The molecule has 5 heteroatoms. The summed E-state index contributed by atoms with van der Waals surface area (Å²) in [5.41, 5.74) is 3.17. The minimum Gasteiger partial charge on any atom is -0.337 e. The van der Waals surface area contributed by atoms with E-state index in [-0.39, 0.29) is 5.91 Å². The minimum atomic E-state index is 0.150. The van der Waals surface area contributed by atoms with Gasteiger partial charge in [-0.3, -0.25) is 4.79 Å². The van der Waals surface area contributed by atoms with Crippen molar-refractivity contribution in [3.63, 3.8) is 0 Å². The first-order valence-electron chi connectivity index (χ1n) is 9.65. The Morgan fingerprint density at radius 2 is 1.96 bits per heavy atom. The minimum absolute atomic E-state index is 0.150. The molecule has 0 saturated carbocycles. The third kappa shape index (κ3) is 4.33. The van der Waals surface area contributed by atoms with Crippen molar-refractivity contribution >= 4 is 17.2 Å². The first-order valence-corrected chi connectivity index (χ1v) is 10.5. The van der Waals surface area contributed by atoms with Gasteiger partial charge in [0.05, 0.1) is 5.69 Å². The molecule has 2 aromatic rings. The molecule has 0 aliphatic carbocycles. The molecule has 1 saturated heterocycles. The number of amides is 1. The van der Waals surface area contributed by atoms with E-state index in [9.17, 15) is 4.79 Å². The van der Waals surface area contributed by atoms with Crippen LogP contribution in [0.2, 0.25) is 0 Å². The molecule has 0 bridgehead atoms. The Bertz CT molecular complexity index is 755. The molecule has 0 atom stereocenters. The van der Waals surface area contributed by atoms with Gasteiger partial charge >= 0.3 is 0 Å². The van der Waals surface area contributed by atoms with E-state index < -0.39 is 0 Å². The number of rotatable bonds is 5. The first kappa shape index (κ1) is 19.1. The van der Waals surface area contributed by atoms with Crippen LogP contribution in [0.25, 0.3) is 10.6 Å². The number of unbranched alkanes of at least 4 members (excludes halogenated alkanes) is 1. The van der Waals surface area contributed by atoms with Gasteiger partial charge in [0.25, 0.3) is 5.91 Å². The SMILES string of the molecule is CCCCN1CCCN(C(=O)c2sc(-c3ccccc3C)nc2C)CC1. The van der Waals surface area contributed by atoms with E-state index in [1.165, 1.54) is 29.7 Å². The number of thiazole rings is 1. The van der Waals surface area contributed by atoms with E-state index >= 15 is 0 Å². The predicted molar refractivity (Wildman–Crippen MR) is 109 cm³/mol. The van der Waals surface area contributed by atoms with Crippen LogP contribution in [0.5, 0.6) is 0 Å². The molecule has 1 fully saturated rings. The third-order valence-corrected chi connectivity index (χ3v) is 6.25. The second kappa shape index (κ2) is 8.78. The van der Waals surface area contributed by atoms with E-state index in [1.807, 2.05) is 24.0 Å². The van der Waals surface area contributed by atoms with Crippen LogP contribution in [0, 0.1) is 13.8 Å². The normalized spacial score (nSPS) is 15.9. The van der Waals surface area contributed by atoms with Crippen molar-refractivity contribution in [2.75, 3.05) is 32.7 Å². The topological polar surface area (TPSA) is 36.4 Å². The average Bonchev–Trinajstić information content (AvgIpc) is 2.87. The van der Waals surface area contributed by atoms with Crippen LogP contribution in [0.4, 0.5) is 0 Å². The smallest absolute Gasteiger partial charge is 0.265 e. The molecule has 2 heterocycles. The highest BCUT2D eigenvalue weighted by molar-refractivity contribution is 7.17. The molecule has 26 heavy (non-hydrogen) atoms. The van der Waals surface area contributed by atoms with Gasteiger partial charge in [-0.2, -0.15) is 0 Å². The second-order valence-corrected chi connectivity index (χ2v) is 8.09. The molecular weight excluding hydrogens is 342 g/mol. The van der Waals surface area contributed by atoms with Gasteiger partial charge < -0.3 is 9.80 Å². The number of hydrogen-bond acceptors (Lipinski definition) is 4. The number of benzene rings is 1. The number of hydrogen-bond donors (Lipinski definition) is 0. The molecule has 4 nitrogen and oxygen atoms in total. The van der Waals surface area contributed by atoms with E-state index in [4.69, 9.17) is 4.98 Å². The van der Waals surface area contributed by atoms with Crippen LogP contribution in [0.1, 0.15) is 47.1 Å². The summed E-state index contributed by atoms with van der Waals surface area (Å²) in [6.45, 7) is 11.2. The lowest BCUT2D eigenvalue weighted by Gasteiger charge is -2.21. The van der Waals surface area contributed by atoms with Crippen LogP contribution in [-0.4, -0.2) is 53.4 Å². The van der Waals surface area contributed by atoms with Crippen molar-refractivity contribution in [2.24, 2.45) is 0 Å². The lowest BCUT2D eigenvalue weighted by molar-refractivity contribution is 0.0765. The highest BCUT2D eigenvalue weighted by Gasteiger charge is 2.24. The molecule has 1 amide bonds. The Labute approximate surface area is 160 Å². The highest BCUT2D eigenvalue weighted by atomic mass is 32.1. The Balaban J connectivity index is 1.73. The van der Waals surface area contributed by atoms with Gasteiger partial charge in [-0.25, -0.2) is 4.98 Å². The zero-order chi connectivity index (χ0) is 18.5. The zero-order valence-corrected chi connectivity index (χ0v) is 16.9. The van der Waals surface area contributed by atoms with Gasteiger partial charge in [-0.1, -0.05) is 37.6 Å². The largest absolute Gasteiger partial charge is 0.337 e. The monoisotopic (exact) mass is 371 g/mol. The van der Waals surface area contributed by atoms with Crippen LogP contribution < -0.4 is 0 Å². The van der Waals surface area contributed by atoms with Gasteiger partial charge in [-0.05, 0) is 45.3 Å². The summed E-state index contributed by atoms with van der Waals surface area (Å²) in [6.07, 6.45) is 3.51. The summed E-state index contributed by atoms with van der Waals surface area (Å²) < 4.78 is 0. The maximum absolute atomic E-state index is 13.1. The highest BCUT2D eigenvalue weighted by Crippen LogP contribution is 2.31. The second-order valence-electron chi connectivity index (χ2n) is 7.09. The molecule has 1 aromatic carbocycles. The number of carbonyl (C=O) groups is 1. The molecule has 0 unspecified atom stereocenters. The third-order valence-electron chi connectivity index (χ3n) is 5.07. The number of aryl methyl sites for hydroxylation is 2. The van der Waals surface area contributed by atoms with Crippen LogP contribution in [-0.2, 0) is 0 Å². The molecule has 1 aromatic heterocycles. The first-order chi connectivity index (χ1) is 12.6. The fraction of sp³-hybridized carbons (Fsp3) is 0.524. The summed E-state index contributed by atoms with van der Waals surface area (Å²) >= 11 is 1.53. The number of aromatic nitrogens is 1. The van der Waals surface area contributed by atoms with Crippen molar-refractivity contribution in [1.82, 2.24) is 14.8 Å². The van der Waals surface area contributed by atoms with Crippen molar-refractivity contribution < 1.29 is 4.79 Å². The van der Waals surface area contributed by atoms with Gasteiger partial charge in [-0.15, -0.1) is 11.3 Å². The molecule has 0 spiro atoms. The summed E-state index contributed by atoms with van der Waals surface area (Å²) in [6, 6.07) is 8.24. The Morgan fingerprint density at radius 1 is 1.15 bits per heavy atom. The van der Waals surface area contributed by atoms with Gasteiger partial charge in [0.1, 0.15) is 9.88 Å². The standard InChI is InChI=1S/C21H29N3OS/c1-4-5-11-23-12-8-13-24(15-14-23)21(25)19-17(3)22-20(26-19)18-10-7-6-9-16(18)2/h6-7,9-10H,4-5,8,11-15H2,1-3H3. The summed E-state index contributed by atoms with van der Waals surface area (Å²) in [4.78, 5) is 23.1. The fourth-order valence-corrected chi connectivity index (χ4v) is 4.57. The molecule has 140 valence electrons. The molecule has 0 radical (unpaired) electrons. The van der Waals surface area contributed by atoms with E-state index in [0.717, 1.165) is 60.3 Å². The van der Waals surface area contributed by atoms with Crippen LogP contribution in [0.3, 0.4) is 0 Å². The maximum Gasteiger partial charge on any atom is 0.265 e.